The van der Waals surface area contributed by atoms with Gasteiger partial charge in [-0.25, -0.2) is 4.98 Å². The summed E-state index contributed by atoms with van der Waals surface area (Å²) in [5.41, 5.74) is -0.867. The molecule has 4 saturated carbocycles. The lowest BCUT2D eigenvalue weighted by atomic mass is 9.49. The monoisotopic (exact) mass is 431 g/mol. The number of rotatable bonds is 3. The molecule has 1 aliphatic heterocycles. The number of aromatic nitrogens is 4. The molecule has 31 heavy (non-hydrogen) atoms. The number of aliphatic hydroxyl groups excluding tert-OH is 3. The molecule has 2 aromatic rings. The quantitative estimate of drug-likeness (QED) is 0.448. The Bertz CT molecular complexity index is 1080. The van der Waals surface area contributed by atoms with Crippen LogP contribution in [0.2, 0.25) is 0 Å². The molecule has 5 aliphatic rings. The summed E-state index contributed by atoms with van der Waals surface area (Å²) < 4.78 is 6.48. The molecule has 4 bridgehead atoms. The van der Waals surface area contributed by atoms with Crippen LogP contribution < -0.4 is 10.9 Å². The summed E-state index contributed by atoms with van der Waals surface area (Å²) in [6, 6.07) is 0. The first kappa shape index (κ1) is 19.4. The molecule has 0 spiro atoms. The first-order valence-corrected chi connectivity index (χ1v) is 10.8. The van der Waals surface area contributed by atoms with E-state index < -0.39 is 35.7 Å². The summed E-state index contributed by atoms with van der Waals surface area (Å²) in [6.45, 7) is 0. The Kier molecular flexibility index (Phi) is 4.11. The number of hydrogen-bond donors (Lipinski definition) is 5. The summed E-state index contributed by atoms with van der Waals surface area (Å²) in [5, 5.41) is 32.5. The SMILES string of the molecule is O=C(Nc1nc2c(ncn2C2OC(O)C(O)C2O)c(=O)[nH]1)C12CC3CC(CC(C3)C1)C2. The number of aliphatic hydroxyl groups is 3. The van der Waals surface area contributed by atoms with E-state index in [4.69, 9.17) is 4.74 Å². The minimum Gasteiger partial charge on any atom is -0.385 e. The van der Waals surface area contributed by atoms with Crippen molar-refractivity contribution in [3.63, 3.8) is 0 Å². The smallest absolute Gasteiger partial charge is 0.280 e. The Morgan fingerprint density at radius 1 is 1.13 bits per heavy atom. The third kappa shape index (κ3) is 2.87. The second-order valence-electron chi connectivity index (χ2n) is 9.79. The van der Waals surface area contributed by atoms with E-state index in [0.29, 0.717) is 17.8 Å². The zero-order valence-corrected chi connectivity index (χ0v) is 16.8. The molecule has 4 atom stereocenters. The lowest BCUT2D eigenvalue weighted by molar-refractivity contribution is -0.141. The highest BCUT2D eigenvalue weighted by Gasteiger charge is 2.54. The topological polar surface area (TPSA) is 163 Å². The number of ether oxygens (including phenoxy) is 1. The molecule has 4 unspecified atom stereocenters. The summed E-state index contributed by atoms with van der Waals surface area (Å²) in [4.78, 5) is 36.8. The number of nitrogens with one attached hydrogen (secondary N) is 2. The van der Waals surface area contributed by atoms with E-state index in [-0.39, 0.29) is 23.0 Å². The van der Waals surface area contributed by atoms with Gasteiger partial charge in [-0.15, -0.1) is 0 Å². The van der Waals surface area contributed by atoms with Crippen LogP contribution in [0.25, 0.3) is 11.2 Å². The average Bonchev–Trinajstić information content (AvgIpc) is 3.23. The van der Waals surface area contributed by atoms with Crippen molar-refractivity contribution in [1.29, 1.82) is 0 Å². The molecule has 0 aromatic carbocycles. The van der Waals surface area contributed by atoms with Crippen LogP contribution in [-0.4, -0.2) is 59.2 Å². The van der Waals surface area contributed by atoms with Gasteiger partial charge in [0.1, 0.15) is 12.2 Å². The van der Waals surface area contributed by atoms with Gasteiger partial charge in [0.15, 0.2) is 23.7 Å². The highest BCUT2D eigenvalue weighted by Crippen LogP contribution is 2.60. The van der Waals surface area contributed by atoms with Gasteiger partial charge in [0.05, 0.1) is 11.7 Å². The number of fused-ring (bicyclic) bond motifs is 1. The minimum absolute atomic E-state index is 0.000479. The van der Waals surface area contributed by atoms with Crippen molar-refractivity contribution in [1.82, 2.24) is 19.5 Å². The Morgan fingerprint density at radius 3 is 2.35 bits per heavy atom. The van der Waals surface area contributed by atoms with E-state index in [1.165, 1.54) is 30.2 Å². The summed E-state index contributed by atoms with van der Waals surface area (Å²) >= 11 is 0. The van der Waals surface area contributed by atoms with Crippen molar-refractivity contribution >= 4 is 23.0 Å². The Labute approximate surface area is 176 Å². The summed E-state index contributed by atoms with van der Waals surface area (Å²) in [7, 11) is 0. The van der Waals surface area contributed by atoms with Gasteiger partial charge in [0, 0.05) is 0 Å². The molecule has 5 N–H and O–H groups in total. The van der Waals surface area contributed by atoms with Gasteiger partial charge in [-0.3, -0.25) is 24.5 Å². The maximum Gasteiger partial charge on any atom is 0.280 e. The average molecular weight is 431 g/mol. The molecule has 5 fully saturated rings. The van der Waals surface area contributed by atoms with Gasteiger partial charge >= 0.3 is 0 Å². The van der Waals surface area contributed by atoms with Crippen molar-refractivity contribution in [2.45, 2.75) is 63.3 Å². The Balaban J connectivity index is 1.32. The predicted molar refractivity (Wildman–Crippen MR) is 106 cm³/mol. The van der Waals surface area contributed by atoms with Gasteiger partial charge in [-0.1, -0.05) is 0 Å². The molecular formula is C20H25N5O6. The molecule has 2 aromatic heterocycles. The van der Waals surface area contributed by atoms with Gasteiger partial charge in [0.2, 0.25) is 11.9 Å². The number of hydrogen-bond acceptors (Lipinski definition) is 8. The molecular weight excluding hydrogens is 406 g/mol. The van der Waals surface area contributed by atoms with E-state index in [1.54, 1.807) is 0 Å². The van der Waals surface area contributed by atoms with Crippen LogP contribution in [0.5, 0.6) is 0 Å². The fourth-order valence-corrected chi connectivity index (χ4v) is 6.67. The second kappa shape index (κ2) is 6.58. The van der Waals surface area contributed by atoms with E-state index in [9.17, 15) is 24.9 Å². The lowest BCUT2D eigenvalue weighted by Gasteiger charge is -2.55. The van der Waals surface area contributed by atoms with Crippen LogP contribution in [0, 0.1) is 23.2 Å². The van der Waals surface area contributed by atoms with Crippen LogP contribution in [0.3, 0.4) is 0 Å². The predicted octanol–water partition coefficient (Wildman–Crippen LogP) is -0.157. The molecule has 1 amide bonds. The van der Waals surface area contributed by atoms with Gasteiger partial charge in [-0.2, -0.15) is 4.98 Å². The largest absolute Gasteiger partial charge is 0.385 e. The Morgan fingerprint density at radius 2 is 1.77 bits per heavy atom. The molecule has 11 nitrogen and oxygen atoms in total. The van der Waals surface area contributed by atoms with Crippen LogP contribution >= 0.6 is 0 Å². The van der Waals surface area contributed by atoms with Crippen LogP contribution in [0.1, 0.15) is 44.8 Å². The lowest BCUT2D eigenvalue weighted by Crippen LogP contribution is -2.52. The van der Waals surface area contributed by atoms with Gasteiger partial charge < -0.3 is 20.1 Å². The molecule has 4 aliphatic carbocycles. The summed E-state index contributed by atoms with van der Waals surface area (Å²) in [6.07, 6.45) is 1.86. The number of carbonyl (C=O) groups excluding carboxylic acids is 1. The first-order chi connectivity index (χ1) is 14.8. The number of aromatic amines is 1. The fraction of sp³-hybridized carbons (Fsp3) is 0.700. The van der Waals surface area contributed by atoms with E-state index in [1.807, 2.05) is 0 Å². The second-order valence-corrected chi connectivity index (χ2v) is 9.79. The molecule has 7 rings (SSSR count). The zero-order valence-electron chi connectivity index (χ0n) is 16.8. The number of nitrogens with zero attached hydrogens (tertiary/aromatic N) is 3. The van der Waals surface area contributed by atoms with E-state index in [2.05, 4.69) is 20.3 Å². The van der Waals surface area contributed by atoms with Crippen molar-refractivity contribution in [2.24, 2.45) is 23.2 Å². The number of carbonyl (C=O) groups is 1. The third-order valence-electron chi connectivity index (χ3n) is 7.67. The van der Waals surface area contributed by atoms with Crippen molar-refractivity contribution in [3.05, 3.63) is 16.7 Å². The number of anilines is 1. The summed E-state index contributed by atoms with van der Waals surface area (Å²) in [5.74, 6) is 1.71. The van der Waals surface area contributed by atoms with Gasteiger partial charge in [-0.05, 0) is 56.3 Å². The van der Waals surface area contributed by atoms with E-state index >= 15 is 0 Å². The molecule has 0 radical (unpaired) electrons. The molecule has 1 saturated heterocycles. The molecule has 166 valence electrons. The maximum atomic E-state index is 13.3. The maximum absolute atomic E-state index is 13.3. The van der Waals surface area contributed by atoms with Gasteiger partial charge in [0.25, 0.3) is 5.56 Å². The fourth-order valence-electron chi connectivity index (χ4n) is 6.67. The normalized spacial score (nSPS) is 41.2. The molecule has 11 heteroatoms. The zero-order chi connectivity index (χ0) is 21.5. The van der Waals surface area contributed by atoms with Crippen LogP contribution in [0.15, 0.2) is 11.1 Å². The van der Waals surface area contributed by atoms with Crippen LogP contribution in [0.4, 0.5) is 5.95 Å². The highest BCUT2D eigenvalue weighted by molar-refractivity contribution is 5.94. The van der Waals surface area contributed by atoms with E-state index in [0.717, 1.165) is 19.3 Å². The number of imidazole rings is 1. The minimum atomic E-state index is -1.57. The molecule has 3 heterocycles. The number of H-pyrrole nitrogens is 1. The first-order valence-electron chi connectivity index (χ1n) is 10.8. The standard InChI is InChI=1S/C20H25N5O6/c26-12-13(27)17(29)31-16(12)25-7-21-11-14(25)22-19(23-15(11)28)24-18(30)20-4-8-1-9(5-20)3-10(2-8)6-20/h7-10,12-13,16-17,26-27,29H,1-6H2,(H2,22,23,24,28,30). The highest BCUT2D eigenvalue weighted by atomic mass is 16.7. The van der Waals surface area contributed by atoms with Crippen molar-refractivity contribution < 1.29 is 24.9 Å². The van der Waals surface area contributed by atoms with Crippen molar-refractivity contribution in [2.75, 3.05) is 5.32 Å². The van der Waals surface area contributed by atoms with Crippen molar-refractivity contribution in [3.8, 4) is 0 Å². The van der Waals surface area contributed by atoms with Crippen LogP contribution in [-0.2, 0) is 9.53 Å². The Hall–Kier alpha value is -2.34. The third-order valence-corrected chi connectivity index (χ3v) is 7.67. The number of amides is 1.